The van der Waals surface area contributed by atoms with Gasteiger partial charge in [0.1, 0.15) is 13.2 Å². The van der Waals surface area contributed by atoms with Crippen LogP contribution in [0.15, 0.2) is 182 Å². The molecule has 1 atom stereocenters. The van der Waals surface area contributed by atoms with Crippen molar-refractivity contribution in [2.24, 2.45) is 0 Å². The predicted molar refractivity (Wildman–Crippen MR) is 306 cm³/mol. The predicted octanol–water partition coefficient (Wildman–Crippen LogP) is 18.5. The topological polar surface area (TPSA) is 78.9 Å². The maximum Gasteiger partial charge on any atom is 0.306 e. The number of carbonyl (C=O) groups is 3. The van der Waals surface area contributed by atoms with Crippen molar-refractivity contribution in [3.63, 3.8) is 0 Å². The van der Waals surface area contributed by atoms with Crippen LogP contribution < -0.4 is 0 Å². The molecule has 0 aliphatic rings. The Bertz CT molecular complexity index is 1730. The molecule has 0 radical (unpaired) electrons. The highest BCUT2D eigenvalue weighted by atomic mass is 16.6. The summed E-state index contributed by atoms with van der Waals surface area (Å²) in [6.45, 7) is 6.21. The highest BCUT2D eigenvalue weighted by Gasteiger charge is 2.19. The monoisotopic (exact) mass is 973 g/mol. The van der Waals surface area contributed by atoms with Gasteiger partial charge in [-0.25, -0.2) is 0 Å². The van der Waals surface area contributed by atoms with E-state index in [0.717, 1.165) is 83.5 Å². The molecule has 0 spiro atoms. The quantitative estimate of drug-likeness (QED) is 0.0199. The maximum absolute atomic E-state index is 12.8. The highest BCUT2D eigenvalue weighted by molar-refractivity contribution is 5.71. The lowest BCUT2D eigenvalue weighted by Gasteiger charge is -2.18. The van der Waals surface area contributed by atoms with E-state index in [9.17, 15) is 14.4 Å². The van der Waals surface area contributed by atoms with E-state index in [-0.39, 0.29) is 44.0 Å². The molecule has 0 heterocycles. The molecule has 0 aromatic carbocycles. The van der Waals surface area contributed by atoms with E-state index in [1.807, 2.05) is 134 Å². The summed E-state index contributed by atoms with van der Waals surface area (Å²) in [5.41, 5.74) is 0. The smallest absolute Gasteiger partial charge is 0.306 e. The third-order valence-electron chi connectivity index (χ3n) is 10.7. The molecule has 1 unspecified atom stereocenters. The number of rotatable bonds is 46. The van der Waals surface area contributed by atoms with Crippen LogP contribution >= 0.6 is 0 Å². The minimum atomic E-state index is -0.836. The van der Waals surface area contributed by atoms with Crippen molar-refractivity contribution in [2.45, 2.75) is 194 Å². The molecule has 71 heavy (non-hydrogen) atoms. The third kappa shape index (κ3) is 55.3. The molecular weight excluding hydrogens is 877 g/mol. The molecule has 0 N–H and O–H groups in total. The summed E-state index contributed by atoms with van der Waals surface area (Å²) in [7, 11) is 0. The van der Waals surface area contributed by atoms with Gasteiger partial charge in [-0.1, -0.05) is 261 Å². The zero-order valence-corrected chi connectivity index (χ0v) is 44.6. The molecule has 6 nitrogen and oxygen atoms in total. The Hall–Kier alpha value is -5.49. The van der Waals surface area contributed by atoms with Gasteiger partial charge in [0.2, 0.25) is 0 Å². The van der Waals surface area contributed by atoms with Crippen LogP contribution in [0.2, 0.25) is 0 Å². The van der Waals surface area contributed by atoms with Gasteiger partial charge in [-0.15, -0.1) is 0 Å². The van der Waals surface area contributed by atoms with Crippen molar-refractivity contribution in [3.8, 4) is 0 Å². The lowest BCUT2D eigenvalue weighted by molar-refractivity contribution is -0.167. The molecule has 392 valence electrons. The second-order valence-corrected chi connectivity index (χ2v) is 17.4. The summed E-state index contributed by atoms with van der Waals surface area (Å²) >= 11 is 0. The number of ether oxygens (including phenoxy) is 3. The van der Waals surface area contributed by atoms with E-state index in [1.54, 1.807) is 0 Å². The zero-order chi connectivity index (χ0) is 51.4. The van der Waals surface area contributed by atoms with Gasteiger partial charge < -0.3 is 14.2 Å². The second kappa shape index (κ2) is 57.1. The zero-order valence-electron chi connectivity index (χ0n) is 44.6. The molecule has 0 aliphatic carbocycles. The minimum absolute atomic E-state index is 0.126. The van der Waals surface area contributed by atoms with Crippen LogP contribution in [0, 0.1) is 0 Å². The number of allylic oxidation sites excluding steroid dienone is 30. The molecule has 0 fully saturated rings. The summed E-state index contributed by atoms with van der Waals surface area (Å²) in [6.07, 6.45) is 85.8. The Morgan fingerprint density at radius 1 is 0.310 bits per heavy atom. The van der Waals surface area contributed by atoms with Gasteiger partial charge in [-0.3, -0.25) is 14.4 Å². The van der Waals surface area contributed by atoms with Gasteiger partial charge in [-0.2, -0.15) is 0 Å². The van der Waals surface area contributed by atoms with E-state index in [4.69, 9.17) is 14.2 Å². The van der Waals surface area contributed by atoms with Gasteiger partial charge in [0.15, 0.2) is 6.10 Å². The van der Waals surface area contributed by atoms with Crippen LogP contribution in [0.3, 0.4) is 0 Å². The summed E-state index contributed by atoms with van der Waals surface area (Å²) in [6, 6.07) is 0. The molecule has 0 bridgehead atoms. The van der Waals surface area contributed by atoms with Crippen molar-refractivity contribution in [1.29, 1.82) is 0 Å². The molecular formula is C65H96O6. The van der Waals surface area contributed by atoms with Crippen molar-refractivity contribution >= 4 is 17.9 Å². The summed E-state index contributed by atoms with van der Waals surface area (Å²) < 4.78 is 16.8. The summed E-state index contributed by atoms with van der Waals surface area (Å²) in [4.78, 5) is 38.1. The number of esters is 3. The Morgan fingerprint density at radius 2 is 0.606 bits per heavy atom. The Labute approximate surface area is 434 Å². The van der Waals surface area contributed by atoms with Crippen LogP contribution in [-0.4, -0.2) is 37.2 Å². The van der Waals surface area contributed by atoms with Crippen molar-refractivity contribution in [2.75, 3.05) is 13.2 Å². The van der Waals surface area contributed by atoms with Crippen molar-refractivity contribution < 1.29 is 28.6 Å². The number of hydrogen-bond acceptors (Lipinski definition) is 6. The van der Waals surface area contributed by atoms with Gasteiger partial charge in [-0.05, 0) is 89.9 Å². The summed E-state index contributed by atoms with van der Waals surface area (Å²) in [5, 5.41) is 0. The highest BCUT2D eigenvalue weighted by Crippen LogP contribution is 2.13. The Balaban J connectivity index is 4.65. The molecule has 0 rings (SSSR count). The third-order valence-corrected chi connectivity index (χ3v) is 10.7. The van der Waals surface area contributed by atoms with Gasteiger partial charge in [0, 0.05) is 19.3 Å². The van der Waals surface area contributed by atoms with E-state index >= 15 is 0 Å². The molecule has 6 heteroatoms. The molecule has 0 aromatic rings. The molecule has 0 aromatic heterocycles. The summed E-state index contributed by atoms with van der Waals surface area (Å²) in [5.74, 6) is -1.04. The second-order valence-electron chi connectivity index (χ2n) is 17.4. The van der Waals surface area contributed by atoms with E-state index in [1.165, 1.54) is 51.4 Å². The standard InChI is InChI=1S/C65H96O6/c1-4-7-10-13-16-19-22-25-28-31-32-35-37-40-43-46-49-52-55-58-64(67)70-61-62(71-65(68)59-56-53-50-47-44-41-38-34-30-27-24-21-18-15-12-9-6-3)60-69-63(66)57-54-51-48-45-42-39-36-33-29-26-23-20-17-14-11-8-5-2/h7,9-10,12-13,15-22,24-32,34-35,37-38,40-41,43-44,62H,4-6,8,11,14,23,33,36,39,42,45-61H2,1-3H3/b10-7-,12-9-,16-13-,18-15-,20-17-,22-19-,24-21-,28-25-,29-26-,30-27-,32-31+,37-35-,38-34+,43-40-,44-41-. The Kier molecular flexibility index (Phi) is 52.7. The lowest BCUT2D eigenvalue weighted by atomic mass is 10.1. The molecule has 0 amide bonds. The first kappa shape index (κ1) is 65.5. The maximum atomic E-state index is 12.8. The van der Waals surface area contributed by atoms with Crippen LogP contribution in [-0.2, 0) is 28.6 Å². The Morgan fingerprint density at radius 3 is 0.986 bits per heavy atom. The van der Waals surface area contributed by atoms with Crippen molar-refractivity contribution in [3.05, 3.63) is 182 Å². The van der Waals surface area contributed by atoms with Gasteiger partial charge in [0.05, 0.1) is 0 Å². The molecule has 0 saturated heterocycles. The first-order chi connectivity index (χ1) is 35.0. The fourth-order valence-electron chi connectivity index (χ4n) is 6.66. The fourth-order valence-corrected chi connectivity index (χ4v) is 6.66. The average Bonchev–Trinajstić information content (AvgIpc) is 3.37. The van der Waals surface area contributed by atoms with Crippen LogP contribution in [0.1, 0.15) is 188 Å². The van der Waals surface area contributed by atoms with E-state index in [2.05, 4.69) is 69.4 Å². The van der Waals surface area contributed by atoms with Crippen LogP contribution in [0.5, 0.6) is 0 Å². The van der Waals surface area contributed by atoms with Gasteiger partial charge in [0.25, 0.3) is 0 Å². The number of unbranched alkanes of at least 4 members (excludes halogenated alkanes) is 16. The number of hydrogen-bond donors (Lipinski definition) is 0. The minimum Gasteiger partial charge on any atom is -0.462 e. The number of carbonyl (C=O) groups excluding carboxylic acids is 3. The van der Waals surface area contributed by atoms with Crippen LogP contribution in [0.4, 0.5) is 0 Å². The van der Waals surface area contributed by atoms with E-state index < -0.39 is 6.10 Å². The first-order valence-electron chi connectivity index (χ1n) is 27.5. The average molecular weight is 973 g/mol. The van der Waals surface area contributed by atoms with Gasteiger partial charge >= 0.3 is 17.9 Å². The SMILES string of the molecule is CC\C=C/C=C\C=C/C=C\C=C\C=C/C=C\CCCCCC(=O)OCC(COC(=O)CCCCCCCCC/C=C\C/C=C\CCCCC)OC(=O)CCCCC\C=C/C=C/C=C\C=C/C=C\C=C/CC. The molecule has 0 saturated carbocycles. The molecule has 0 aliphatic heterocycles. The van der Waals surface area contributed by atoms with Crippen LogP contribution in [0.25, 0.3) is 0 Å². The lowest BCUT2D eigenvalue weighted by Crippen LogP contribution is -2.30. The fraction of sp³-hybridized carbons (Fsp3) is 0.492. The first-order valence-corrected chi connectivity index (χ1v) is 27.5. The normalized spacial score (nSPS) is 13.6. The van der Waals surface area contributed by atoms with E-state index in [0.29, 0.717) is 19.3 Å². The van der Waals surface area contributed by atoms with Crippen molar-refractivity contribution in [1.82, 2.24) is 0 Å². The largest absolute Gasteiger partial charge is 0.462 e.